The summed E-state index contributed by atoms with van der Waals surface area (Å²) in [5.41, 5.74) is 9.57. The number of carbonyl (C=O) groups excluding carboxylic acids is 1. The molecular formula is C21H29ClN2O. The summed E-state index contributed by atoms with van der Waals surface area (Å²) in [5, 5.41) is 0. The van der Waals surface area contributed by atoms with E-state index in [2.05, 4.69) is 45.0 Å². The Bertz CT molecular complexity index is 668. The summed E-state index contributed by atoms with van der Waals surface area (Å²) < 4.78 is 0. The molecule has 0 aromatic heterocycles. The summed E-state index contributed by atoms with van der Waals surface area (Å²) in [6.45, 7) is 7.03. The van der Waals surface area contributed by atoms with Crippen LogP contribution >= 0.6 is 12.4 Å². The Hall–Kier alpha value is -1.84. The van der Waals surface area contributed by atoms with Gasteiger partial charge in [-0.25, -0.2) is 0 Å². The van der Waals surface area contributed by atoms with Gasteiger partial charge in [-0.05, 0) is 24.5 Å². The molecule has 136 valence electrons. The Morgan fingerprint density at radius 1 is 1.08 bits per heavy atom. The highest BCUT2D eigenvalue weighted by molar-refractivity contribution is 5.85. The molecule has 2 aromatic rings. The Balaban J connectivity index is 0.00000312. The lowest BCUT2D eigenvalue weighted by Gasteiger charge is -2.32. The van der Waals surface area contributed by atoms with Gasteiger partial charge in [0.05, 0.1) is 6.04 Å². The van der Waals surface area contributed by atoms with Gasteiger partial charge in [0, 0.05) is 19.0 Å². The number of benzene rings is 2. The van der Waals surface area contributed by atoms with E-state index in [1.807, 2.05) is 37.4 Å². The zero-order valence-corrected chi connectivity index (χ0v) is 16.3. The lowest BCUT2D eigenvalue weighted by atomic mass is 9.83. The second-order valence-electron chi connectivity index (χ2n) is 7.24. The van der Waals surface area contributed by atoms with Crippen molar-refractivity contribution in [2.75, 3.05) is 13.6 Å². The van der Waals surface area contributed by atoms with Crippen LogP contribution in [0.15, 0.2) is 54.6 Å². The Kier molecular flexibility index (Phi) is 7.65. The third kappa shape index (κ3) is 5.87. The number of likely N-dealkylation sites (N-methyl/N-ethyl adjacent to an activating group) is 1. The van der Waals surface area contributed by atoms with Crippen LogP contribution < -0.4 is 5.73 Å². The van der Waals surface area contributed by atoms with Crippen molar-refractivity contribution in [2.45, 2.75) is 38.6 Å². The monoisotopic (exact) mass is 360 g/mol. The molecule has 0 radical (unpaired) electrons. The average molecular weight is 361 g/mol. The van der Waals surface area contributed by atoms with Crippen LogP contribution in [-0.2, 0) is 16.6 Å². The summed E-state index contributed by atoms with van der Waals surface area (Å²) in [7, 11) is 1.84. The van der Waals surface area contributed by atoms with Gasteiger partial charge in [-0.2, -0.15) is 0 Å². The molecule has 0 saturated heterocycles. The number of hydrogen-bond acceptors (Lipinski definition) is 2. The number of amides is 1. The van der Waals surface area contributed by atoms with Crippen molar-refractivity contribution in [3.8, 4) is 0 Å². The Morgan fingerprint density at radius 3 is 2.20 bits per heavy atom. The van der Waals surface area contributed by atoms with Crippen LogP contribution in [0.2, 0.25) is 0 Å². The minimum absolute atomic E-state index is 0. The van der Waals surface area contributed by atoms with E-state index in [9.17, 15) is 4.79 Å². The standard InChI is InChI=1S/C21H28N2O.ClH/c1-16-10-12-18(13-11-16)21(2,3)15-23(4)20(24)19(22)14-17-8-6-5-7-9-17;/h5-13,19H,14-15,22H2,1-4H3;1H/t19-;/m0./s1. The van der Waals surface area contributed by atoms with Crippen molar-refractivity contribution in [3.63, 3.8) is 0 Å². The van der Waals surface area contributed by atoms with Crippen LogP contribution in [0, 0.1) is 6.92 Å². The first-order valence-corrected chi connectivity index (χ1v) is 8.41. The van der Waals surface area contributed by atoms with Gasteiger partial charge in [0.25, 0.3) is 0 Å². The molecular weight excluding hydrogens is 332 g/mol. The van der Waals surface area contributed by atoms with E-state index in [1.165, 1.54) is 11.1 Å². The number of nitrogens with zero attached hydrogens (tertiary/aromatic N) is 1. The zero-order chi connectivity index (χ0) is 17.7. The van der Waals surface area contributed by atoms with E-state index in [-0.39, 0.29) is 23.7 Å². The van der Waals surface area contributed by atoms with Crippen LogP contribution in [0.4, 0.5) is 0 Å². The maximum atomic E-state index is 12.6. The molecule has 0 aliphatic rings. The number of hydrogen-bond donors (Lipinski definition) is 1. The normalized spacial score (nSPS) is 12.2. The summed E-state index contributed by atoms with van der Waals surface area (Å²) >= 11 is 0. The summed E-state index contributed by atoms with van der Waals surface area (Å²) in [4.78, 5) is 14.4. The topological polar surface area (TPSA) is 46.3 Å². The summed E-state index contributed by atoms with van der Waals surface area (Å²) in [5.74, 6) is -0.0148. The first-order chi connectivity index (χ1) is 11.3. The highest BCUT2D eigenvalue weighted by atomic mass is 35.5. The highest BCUT2D eigenvalue weighted by Gasteiger charge is 2.27. The molecule has 3 nitrogen and oxygen atoms in total. The molecule has 0 spiro atoms. The number of carbonyl (C=O) groups is 1. The predicted molar refractivity (Wildman–Crippen MR) is 107 cm³/mol. The van der Waals surface area contributed by atoms with Crippen molar-refractivity contribution in [1.29, 1.82) is 0 Å². The van der Waals surface area contributed by atoms with E-state index >= 15 is 0 Å². The van der Waals surface area contributed by atoms with Crippen LogP contribution in [-0.4, -0.2) is 30.4 Å². The Labute approximate surface area is 157 Å². The molecule has 0 aliphatic carbocycles. The molecule has 0 saturated carbocycles. The molecule has 2 aromatic carbocycles. The molecule has 0 aliphatic heterocycles. The van der Waals surface area contributed by atoms with Crippen molar-refractivity contribution >= 4 is 18.3 Å². The molecule has 2 rings (SSSR count). The minimum atomic E-state index is -0.508. The molecule has 1 amide bonds. The Morgan fingerprint density at radius 2 is 1.64 bits per heavy atom. The maximum absolute atomic E-state index is 12.6. The number of nitrogens with two attached hydrogens (primary N) is 1. The van der Waals surface area contributed by atoms with Crippen LogP contribution in [0.25, 0.3) is 0 Å². The smallest absolute Gasteiger partial charge is 0.239 e. The molecule has 2 N–H and O–H groups in total. The van der Waals surface area contributed by atoms with Gasteiger partial charge in [-0.15, -0.1) is 12.4 Å². The quantitative estimate of drug-likeness (QED) is 0.853. The van der Waals surface area contributed by atoms with Crippen molar-refractivity contribution in [2.24, 2.45) is 5.73 Å². The fourth-order valence-corrected chi connectivity index (χ4v) is 3.01. The van der Waals surface area contributed by atoms with Crippen molar-refractivity contribution < 1.29 is 4.79 Å². The van der Waals surface area contributed by atoms with E-state index in [4.69, 9.17) is 5.73 Å². The molecule has 25 heavy (non-hydrogen) atoms. The number of halogens is 1. The maximum Gasteiger partial charge on any atom is 0.239 e. The van der Waals surface area contributed by atoms with Crippen molar-refractivity contribution in [3.05, 3.63) is 71.3 Å². The molecule has 0 fully saturated rings. The van der Waals surface area contributed by atoms with Gasteiger partial charge >= 0.3 is 0 Å². The van der Waals surface area contributed by atoms with Gasteiger partial charge in [0.1, 0.15) is 0 Å². The molecule has 4 heteroatoms. The van der Waals surface area contributed by atoms with E-state index < -0.39 is 6.04 Å². The SMILES string of the molecule is Cc1ccc(C(C)(C)CN(C)C(=O)[C@@H](N)Cc2ccccc2)cc1.Cl. The highest BCUT2D eigenvalue weighted by Crippen LogP contribution is 2.24. The van der Waals surface area contributed by atoms with Gasteiger partial charge < -0.3 is 10.6 Å². The lowest BCUT2D eigenvalue weighted by Crippen LogP contribution is -2.47. The largest absolute Gasteiger partial charge is 0.344 e. The van der Waals surface area contributed by atoms with E-state index in [0.29, 0.717) is 13.0 Å². The molecule has 1 atom stereocenters. The fraction of sp³-hybridized carbons (Fsp3) is 0.381. The van der Waals surface area contributed by atoms with Gasteiger partial charge in [-0.3, -0.25) is 4.79 Å². The lowest BCUT2D eigenvalue weighted by molar-refractivity contribution is -0.131. The molecule has 0 bridgehead atoms. The second kappa shape index (κ2) is 9.02. The molecule has 0 unspecified atom stereocenters. The second-order valence-corrected chi connectivity index (χ2v) is 7.24. The summed E-state index contributed by atoms with van der Waals surface area (Å²) in [6, 6.07) is 17.9. The van der Waals surface area contributed by atoms with Crippen LogP contribution in [0.3, 0.4) is 0 Å². The number of rotatable bonds is 6. The predicted octanol–water partition coefficient (Wildman–Crippen LogP) is 3.72. The van der Waals surface area contributed by atoms with Crippen molar-refractivity contribution in [1.82, 2.24) is 4.90 Å². The van der Waals surface area contributed by atoms with Gasteiger partial charge in [0.2, 0.25) is 5.91 Å². The first-order valence-electron chi connectivity index (χ1n) is 8.41. The third-order valence-electron chi connectivity index (χ3n) is 4.46. The van der Waals surface area contributed by atoms with E-state index in [1.54, 1.807) is 4.90 Å². The van der Waals surface area contributed by atoms with Gasteiger partial charge in [-0.1, -0.05) is 74.0 Å². The van der Waals surface area contributed by atoms with Crippen LogP contribution in [0.1, 0.15) is 30.5 Å². The zero-order valence-electron chi connectivity index (χ0n) is 15.5. The van der Waals surface area contributed by atoms with Gasteiger partial charge in [0.15, 0.2) is 0 Å². The fourth-order valence-electron chi connectivity index (χ4n) is 3.01. The number of aryl methyl sites for hydroxylation is 1. The van der Waals surface area contributed by atoms with E-state index in [0.717, 1.165) is 5.56 Å². The van der Waals surface area contributed by atoms with Crippen LogP contribution in [0.5, 0.6) is 0 Å². The average Bonchev–Trinajstić information content (AvgIpc) is 2.55. The first kappa shape index (κ1) is 21.2. The minimum Gasteiger partial charge on any atom is -0.344 e. The third-order valence-corrected chi connectivity index (χ3v) is 4.46. The summed E-state index contributed by atoms with van der Waals surface area (Å²) in [6.07, 6.45) is 0.564. The molecule has 0 heterocycles.